The van der Waals surface area contributed by atoms with E-state index in [2.05, 4.69) is 14.8 Å². The van der Waals surface area contributed by atoms with Gasteiger partial charge in [-0.05, 0) is 6.07 Å². The number of carbonyl (C=O) groups is 1. The SMILES string of the molecule is O=C1N[C@H](c2ccccc2OC(F)(F)F)CCO1. The zero-order chi connectivity index (χ0) is 13.2. The highest BCUT2D eigenvalue weighted by Crippen LogP contribution is 2.32. The van der Waals surface area contributed by atoms with Crippen LogP contribution in [0.2, 0.25) is 0 Å². The molecule has 1 aliphatic rings. The van der Waals surface area contributed by atoms with Crippen LogP contribution >= 0.6 is 0 Å². The van der Waals surface area contributed by atoms with Crippen molar-refractivity contribution < 1.29 is 27.4 Å². The summed E-state index contributed by atoms with van der Waals surface area (Å²) >= 11 is 0. The molecule has 98 valence electrons. The van der Waals surface area contributed by atoms with Crippen molar-refractivity contribution in [2.45, 2.75) is 18.8 Å². The van der Waals surface area contributed by atoms with Crippen LogP contribution in [0.3, 0.4) is 0 Å². The van der Waals surface area contributed by atoms with Crippen molar-refractivity contribution in [3.63, 3.8) is 0 Å². The Bertz CT molecular complexity index is 447. The van der Waals surface area contributed by atoms with Gasteiger partial charge in [0.15, 0.2) is 0 Å². The van der Waals surface area contributed by atoms with Gasteiger partial charge < -0.3 is 14.8 Å². The Labute approximate surface area is 101 Å². The number of carbonyl (C=O) groups excluding carboxylic acids is 1. The molecule has 0 spiro atoms. The van der Waals surface area contributed by atoms with Crippen LogP contribution in [0.4, 0.5) is 18.0 Å². The van der Waals surface area contributed by atoms with Gasteiger partial charge in [0, 0.05) is 12.0 Å². The van der Waals surface area contributed by atoms with Crippen molar-refractivity contribution in [3.8, 4) is 5.75 Å². The molecule has 0 bridgehead atoms. The van der Waals surface area contributed by atoms with Gasteiger partial charge in [0.2, 0.25) is 0 Å². The number of amides is 1. The maximum atomic E-state index is 12.2. The highest BCUT2D eigenvalue weighted by atomic mass is 19.4. The molecular weight excluding hydrogens is 251 g/mol. The van der Waals surface area contributed by atoms with Crippen molar-refractivity contribution >= 4 is 6.09 Å². The number of hydrogen-bond acceptors (Lipinski definition) is 3. The molecule has 4 nitrogen and oxygen atoms in total. The van der Waals surface area contributed by atoms with Crippen LogP contribution in [-0.4, -0.2) is 19.1 Å². The second kappa shape index (κ2) is 4.75. The minimum Gasteiger partial charge on any atom is -0.449 e. The molecule has 0 aromatic heterocycles. The first-order valence-electron chi connectivity index (χ1n) is 5.24. The lowest BCUT2D eigenvalue weighted by Crippen LogP contribution is -2.35. The van der Waals surface area contributed by atoms with Crippen molar-refractivity contribution in [3.05, 3.63) is 29.8 Å². The smallest absolute Gasteiger partial charge is 0.449 e. The Morgan fingerprint density at radius 2 is 2.06 bits per heavy atom. The largest absolute Gasteiger partial charge is 0.573 e. The van der Waals surface area contributed by atoms with Gasteiger partial charge in [0.25, 0.3) is 0 Å². The summed E-state index contributed by atoms with van der Waals surface area (Å²) in [7, 11) is 0. The van der Waals surface area contributed by atoms with E-state index >= 15 is 0 Å². The molecule has 1 aromatic rings. The molecule has 0 aliphatic carbocycles. The van der Waals surface area contributed by atoms with Crippen molar-refractivity contribution in [2.75, 3.05) is 6.61 Å². The number of nitrogens with one attached hydrogen (secondary N) is 1. The van der Waals surface area contributed by atoms with Gasteiger partial charge in [-0.1, -0.05) is 18.2 Å². The first-order chi connectivity index (χ1) is 8.46. The monoisotopic (exact) mass is 261 g/mol. The maximum Gasteiger partial charge on any atom is 0.573 e. The van der Waals surface area contributed by atoms with Gasteiger partial charge in [0.1, 0.15) is 5.75 Å². The summed E-state index contributed by atoms with van der Waals surface area (Å²) in [5, 5.41) is 2.45. The van der Waals surface area contributed by atoms with E-state index in [4.69, 9.17) is 0 Å². The van der Waals surface area contributed by atoms with E-state index in [-0.39, 0.29) is 17.9 Å². The summed E-state index contributed by atoms with van der Waals surface area (Å²) in [6.07, 6.45) is -5.01. The average Bonchev–Trinajstić information content (AvgIpc) is 2.27. The quantitative estimate of drug-likeness (QED) is 0.890. The molecule has 0 unspecified atom stereocenters. The molecule has 18 heavy (non-hydrogen) atoms. The van der Waals surface area contributed by atoms with E-state index in [9.17, 15) is 18.0 Å². The number of hydrogen-bond donors (Lipinski definition) is 1. The third-order valence-electron chi connectivity index (χ3n) is 2.45. The summed E-state index contributed by atoms with van der Waals surface area (Å²) in [5.41, 5.74) is 0.284. The Hall–Kier alpha value is -1.92. The minimum absolute atomic E-state index is 0.164. The van der Waals surface area contributed by atoms with E-state index < -0.39 is 18.5 Å². The van der Waals surface area contributed by atoms with E-state index in [0.29, 0.717) is 6.42 Å². The fraction of sp³-hybridized carbons (Fsp3) is 0.364. The third kappa shape index (κ3) is 3.06. The van der Waals surface area contributed by atoms with Crippen LogP contribution in [0.25, 0.3) is 0 Å². The van der Waals surface area contributed by atoms with Gasteiger partial charge in [-0.15, -0.1) is 13.2 Å². The Kier molecular flexibility index (Phi) is 3.31. The summed E-state index contributed by atoms with van der Waals surface area (Å²) in [6, 6.07) is 5.18. The molecule has 0 saturated carbocycles. The number of alkyl carbamates (subject to hydrolysis) is 1. The van der Waals surface area contributed by atoms with Gasteiger partial charge in [-0.3, -0.25) is 0 Å². The van der Waals surface area contributed by atoms with Crippen LogP contribution in [0.15, 0.2) is 24.3 Å². The summed E-state index contributed by atoms with van der Waals surface area (Å²) < 4.78 is 45.3. The normalized spacial score (nSPS) is 19.9. The number of benzene rings is 1. The predicted molar refractivity (Wildman–Crippen MR) is 55.0 cm³/mol. The molecule has 1 aromatic carbocycles. The molecule has 1 heterocycles. The number of ether oxygens (including phenoxy) is 2. The van der Waals surface area contributed by atoms with E-state index in [1.54, 1.807) is 6.07 Å². The highest BCUT2D eigenvalue weighted by Gasteiger charge is 2.33. The van der Waals surface area contributed by atoms with Crippen LogP contribution in [0.1, 0.15) is 18.0 Å². The molecule has 0 radical (unpaired) electrons. The third-order valence-corrected chi connectivity index (χ3v) is 2.45. The predicted octanol–water partition coefficient (Wildman–Crippen LogP) is 2.76. The number of cyclic esters (lactones) is 1. The Morgan fingerprint density at radius 1 is 1.33 bits per heavy atom. The fourth-order valence-electron chi connectivity index (χ4n) is 1.74. The van der Waals surface area contributed by atoms with Crippen LogP contribution in [0, 0.1) is 0 Å². The Balaban J connectivity index is 2.24. The minimum atomic E-state index is -4.76. The van der Waals surface area contributed by atoms with Crippen LogP contribution in [0.5, 0.6) is 5.75 Å². The maximum absolute atomic E-state index is 12.2. The van der Waals surface area contributed by atoms with Gasteiger partial charge >= 0.3 is 12.5 Å². The van der Waals surface area contributed by atoms with Crippen LogP contribution < -0.4 is 10.1 Å². The van der Waals surface area contributed by atoms with E-state index in [1.165, 1.54) is 18.2 Å². The first-order valence-corrected chi connectivity index (χ1v) is 5.24. The summed E-state index contributed by atoms with van der Waals surface area (Å²) in [5.74, 6) is -0.308. The molecule has 1 N–H and O–H groups in total. The Morgan fingerprint density at radius 3 is 2.72 bits per heavy atom. The van der Waals surface area contributed by atoms with Crippen molar-refractivity contribution in [1.29, 1.82) is 0 Å². The first kappa shape index (κ1) is 12.5. The molecule has 2 rings (SSSR count). The number of alkyl halides is 3. The fourth-order valence-corrected chi connectivity index (χ4v) is 1.74. The molecular formula is C11H10F3NO3. The zero-order valence-corrected chi connectivity index (χ0v) is 9.16. The van der Waals surface area contributed by atoms with Crippen molar-refractivity contribution in [1.82, 2.24) is 5.32 Å². The standard InChI is InChI=1S/C11H10F3NO3/c12-11(13,14)18-9-4-2-1-3-7(9)8-5-6-17-10(16)15-8/h1-4,8H,5-6H2,(H,15,16)/t8-/m0/s1. The lowest BCUT2D eigenvalue weighted by Gasteiger charge is -2.25. The molecule has 1 fully saturated rings. The molecule has 1 amide bonds. The molecule has 1 saturated heterocycles. The second-order valence-electron chi connectivity index (χ2n) is 3.71. The number of para-hydroxylation sites is 1. The lowest BCUT2D eigenvalue weighted by atomic mass is 10.0. The zero-order valence-electron chi connectivity index (χ0n) is 9.16. The van der Waals surface area contributed by atoms with E-state index in [1.807, 2.05) is 0 Å². The van der Waals surface area contributed by atoms with Gasteiger partial charge in [-0.2, -0.15) is 0 Å². The number of rotatable bonds is 2. The van der Waals surface area contributed by atoms with Gasteiger partial charge in [0.05, 0.1) is 12.6 Å². The molecule has 1 aliphatic heterocycles. The van der Waals surface area contributed by atoms with E-state index in [0.717, 1.165) is 0 Å². The molecule has 1 atom stereocenters. The topological polar surface area (TPSA) is 47.6 Å². The number of halogens is 3. The second-order valence-corrected chi connectivity index (χ2v) is 3.71. The lowest BCUT2D eigenvalue weighted by molar-refractivity contribution is -0.275. The molecule has 7 heteroatoms. The van der Waals surface area contributed by atoms with Crippen LogP contribution in [-0.2, 0) is 4.74 Å². The summed E-state index contributed by atoms with van der Waals surface area (Å²) in [4.78, 5) is 11.0. The highest BCUT2D eigenvalue weighted by molar-refractivity contribution is 5.69. The average molecular weight is 261 g/mol. The summed E-state index contributed by atoms with van der Waals surface area (Å²) in [6.45, 7) is 0.164. The van der Waals surface area contributed by atoms with Crippen molar-refractivity contribution in [2.24, 2.45) is 0 Å². The van der Waals surface area contributed by atoms with Gasteiger partial charge in [-0.25, -0.2) is 4.79 Å².